The number of ether oxygens (including phenoxy) is 1. The molecule has 1 aromatic carbocycles. The smallest absolute Gasteiger partial charge is 0.250 e. The first-order chi connectivity index (χ1) is 8.27. The van der Waals surface area contributed by atoms with Crippen molar-refractivity contribution in [1.29, 1.82) is 0 Å². The molecule has 0 aliphatic rings. The van der Waals surface area contributed by atoms with Crippen LogP contribution >= 0.6 is 0 Å². The van der Waals surface area contributed by atoms with Gasteiger partial charge in [-0.3, -0.25) is 4.79 Å². The highest BCUT2D eigenvalue weighted by atomic mass is 16.5. The molecule has 0 fully saturated rings. The predicted molar refractivity (Wildman–Crippen MR) is 68.9 cm³/mol. The fourth-order valence-electron chi connectivity index (χ4n) is 1.56. The molecule has 1 rings (SSSR count). The molecule has 17 heavy (non-hydrogen) atoms. The minimum absolute atomic E-state index is 0.0532. The van der Waals surface area contributed by atoms with Crippen molar-refractivity contribution in [3.8, 4) is 0 Å². The molecule has 94 valence electrons. The molecule has 3 N–H and O–H groups in total. The van der Waals surface area contributed by atoms with Gasteiger partial charge in [-0.05, 0) is 18.1 Å². The number of nitrogens with one attached hydrogen (secondary N) is 1. The van der Waals surface area contributed by atoms with E-state index in [0.717, 1.165) is 24.1 Å². The van der Waals surface area contributed by atoms with Crippen molar-refractivity contribution >= 4 is 11.6 Å². The minimum Gasteiger partial charge on any atom is -0.370 e. The van der Waals surface area contributed by atoms with Crippen molar-refractivity contribution in [2.75, 3.05) is 25.1 Å². The SMILES string of the molecule is CCCc1ccccc1NC(=O)COCCN. The average Bonchev–Trinajstić information content (AvgIpc) is 2.32. The Morgan fingerprint density at radius 1 is 1.41 bits per heavy atom. The summed E-state index contributed by atoms with van der Waals surface area (Å²) in [4.78, 5) is 11.6. The van der Waals surface area contributed by atoms with E-state index in [1.807, 2.05) is 24.3 Å². The van der Waals surface area contributed by atoms with Gasteiger partial charge in [-0.2, -0.15) is 0 Å². The van der Waals surface area contributed by atoms with E-state index in [0.29, 0.717) is 13.2 Å². The van der Waals surface area contributed by atoms with E-state index in [4.69, 9.17) is 10.5 Å². The van der Waals surface area contributed by atoms with Gasteiger partial charge in [-0.25, -0.2) is 0 Å². The molecule has 0 saturated heterocycles. The van der Waals surface area contributed by atoms with Crippen LogP contribution in [-0.2, 0) is 16.0 Å². The Morgan fingerprint density at radius 3 is 2.88 bits per heavy atom. The van der Waals surface area contributed by atoms with E-state index >= 15 is 0 Å². The quantitative estimate of drug-likeness (QED) is 0.706. The maximum atomic E-state index is 11.6. The van der Waals surface area contributed by atoms with Crippen molar-refractivity contribution in [1.82, 2.24) is 0 Å². The van der Waals surface area contributed by atoms with Crippen LogP contribution in [0.15, 0.2) is 24.3 Å². The molecule has 1 amide bonds. The van der Waals surface area contributed by atoms with Crippen molar-refractivity contribution in [2.24, 2.45) is 5.73 Å². The number of carbonyl (C=O) groups is 1. The van der Waals surface area contributed by atoms with Crippen molar-refractivity contribution in [3.63, 3.8) is 0 Å². The molecule has 0 radical (unpaired) electrons. The lowest BCUT2D eigenvalue weighted by Gasteiger charge is -2.10. The Kier molecular flexibility index (Phi) is 6.29. The number of benzene rings is 1. The predicted octanol–water partition coefficient (Wildman–Crippen LogP) is 1.55. The Balaban J connectivity index is 2.52. The second kappa shape index (κ2) is 7.81. The molecule has 1 aromatic rings. The number of hydrogen-bond donors (Lipinski definition) is 2. The molecule has 0 unspecified atom stereocenters. The van der Waals surface area contributed by atoms with Gasteiger partial charge in [0.2, 0.25) is 5.91 Å². The summed E-state index contributed by atoms with van der Waals surface area (Å²) in [5.41, 5.74) is 7.30. The molecule has 0 aromatic heterocycles. The van der Waals surface area contributed by atoms with Gasteiger partial charge in [0, 0.05) is 12.2 Å². The summed E-state index contributed by atoms with van der Waals surface area (Å²) < 4.78 is 5.08. The zero-order valence-corrected chi connectivity index (χ0v) is 10.2. The highest BCUT2D eigenvalue weighted by Gasteiger charge is 2.05. The summed E-state index contributed by atoms with van der Waals surface area (Å²) in [6.07, 6.45) is 2.01. The summed E-state index contributed by atoms with van der Waals surface area (Å²) >= 11 is 0. The summed E-state index contributed by atoms with van der Waals surface area (Å²) in [7, 11) is 0. The average molecular weight is 236 g/mol. The van der Waals surface area contributed by atoms with Crippen molar-refractivity contribution < 1.29 is 9.53 Å². The first-order valence-electron chi connectivity index (χ1n) is 5.93. The van der Waals surface area contributed by atoms with Crippen LogP contribution in [0.1, 0.15) is 18.9 Å². The largest absolute Gasteiger partial charge is 0.370 e. The van der Waals surface area contributed by atoms with E-state index in [2.05, 4.69) is 12.2 Å². The molecule has 0 heterocycles. The third-order valence-corrected chi connectivity index (χ3v) is 2.31. The highest BCUT2D eigenvalue weighted by molar-refractivity contribution is 5.92. The molecule has 0 aliphatic carbocycles. The molecule has 0 bridgehead atoms. The third kappa shape index (κ3) is 4.97. The van der Waals surface area contributed by atoms with Gasteiger partial charge in [0.05, 0.1) is 6.61 Å². The van der Waals surface area contributed by atoms with Gasteiger partial charge >= 0.3 is 0 Å². The number of anilines is 1. The van der Waals surface area contributed by atoms with E-state index in [1.165, 1.54) is 0 Å². The molecule has 4 heteroatoms. The summed E-state index contributed by atoms with van der Waals surface area (Å²) in [6.45, 7) is 3.00. The molecular weight excluding hydrogens is 216 g/mol. The van der Waals surface area contributed by atoms with Gasteiger partial charge in [-0.15, -0.1) is 0 Å². The van der Waals surface area contributed by atoms with Gasteiger partial charge in [0.25, 0.3) is 0 Å². The second-order valence-corrected chi connectivity index (χ2v) is 3.80. The molecule has 0 spiro atoms. The number of hydrogen-bond acceptors (Lipinski definition) is 3. The number of amides is 1. The number of carbonyl (C=O) groups excluding carboxylic acids is 1. The molecule has 0 atom stereocenters. The zero-order chi connectivity index (χ0) is 12.5. The maximum Gasteiger partial charge on any atom is 0.250 e. The number of rotatable bonds is 7. The third-order valence-electron chi connectivity index (χ3n) is 2.31. The van der Waals surface area contributed by atoms with Crippen molar-refractivity contribution in [2.45, 2.75) is 19.8 Å². The minimum atomic E-state index is -0.137. The summed E-state index contributed by atoms with van der Waals surface area (Å²) in [6, 6.07) is 7.83. The first kappa shape index (κ1) is 13.7. The van der Waals surface area contributed by atoms with Gasteiger partial charge in [-0.1, -0.05) is 31.5 Å². The van der Waals surface area contributed by atoms with E-state index in [1.54, 1.807) is 0 Å². The standard InChI is InChI=1S/C13H20N2O2/c1-2-5-11-6-3-4-7-12(11)15-13(16)10-17-9-8-14/h3-4,6-7H,2,5,8-10,14H2,1H3,(H,15,16). The first-order valence-corrected chi connectivity index (χ1v) is 5.93. The summed E-state index contributed by atoms with van der Waals surface area (Å²) in [5.74, 6) is -0.137. The van der Waals surface area contributed by atoms with Crippen LogP contribution in [0.25, 0.3) is 0 Å². The van der Waals surface area contributed by atoms with Crippen LogP contribution in [0, 0.1) is 0 Å². The second-order valence-electron chi connectivity index (χ2n) is 3.80. The van der Waals surface area contributed by atoms with Gasteiger partial charge < -0.3 is 15.8 Å². The van der Waals surface area contributed by atoms with E-state index in [-0.39, 0.29) is 12.5 Å². The molecule has 0 aliphatic heterocycles. The number of para-hydroxylation sites is 1. The topological polar surface area (TPSA) is 64.3 Å². The number of nitrogens with two attached hydrogens (primary N) is 1. The lowest BCUT2D eigenvalue weighted by molar-refractivity contribution is -0.120. The van der Waals surface area contributed by atoms with Gasteiger partial charge in [0.15, 0.2) is 0 Å². The maximum absolute atomic E-state index is 11.6. The molecule has 0 saturated carbocycles. The Morgan fingerprint density at radius 2 is 2.18 bits per heavy atom. The van der Waals surface area contributed by atoms with Crippen molar-refractivity contribution in [3.05, 3.63) is 29.8 Å². The zero-order valence-electron chi connectivity index (χ0n) is 10.2. The van der Waals surface area contributed by atoms with Crippen LogP contribution in [-0.4, -0.2) is 25.7 Å². The van der Waals surface area contributed by atoms with Gasteiger partial charge in [0.1, 0.15) is 6.61 Å². The normalized spacial score (nSPS) is 10.2. The van der Waals surface area contributed by atoms with Crippen LogP contribution < -0.4 is 11.1 Å². The van der Waals surface area contributed by atoms with E-state index in [9.17, 15) is 4.79 Å². The fourth-order valence-corrected chi connectivity index (χ4v) is 1.56. The van der Waals surface area contributed by atoms with Crippen LogP contribution in [0.3, 0.4) is 0 Å². The van der Waals surface area contributed by atoms with Crippen LogP contribution in [0.5, 0.6) is 0 Å². The van der Waals surface area contributed by atoms with Crippen LogP contribution in [0.2, 0.25) is 0 Å². The lowest BCUT2D eigenvalue weighted by atomic mass is 10.1. The number of aryl methyl sites for hydroxylation is 1. The monoisotopic (exact) mass is 236 g/mol. The Labute approximate surface area is 102 Å². The summed E-state index contributed by atoms with van der Waals surface area (Å²) in [5, 5.41) is 2.85. The highest BCUT2D eigenvalue weighted by Crippen LogP contribution is 2.16. The van der Waals surface area contributed by atoms with Crippen LogP contribution in [0.4, 0.5) is 5.69 Å². The van der Waals surface area contributed by atoms with E-state index < -0.39 is 0 Å². The Hall–Kier alpha value is -1.39. The lowest BCUT2D eigenvalue weighted by Crippen LogP contribution is -2.21. The Bertz CT molecular complexity index is 353. The molecular formula is C13H20N2O2. The fraction of sp³-hybridized carbons (Fsp3) is 0.462. The molecule has 4 nitrogen and oxygen atoms in total.